The molecule has 0 fully saturated rings. The van der Waals surface area contributed by atoms with Gasteiger partial charge in [-0.1, -0.05) is 24.3 Å². The van der Waals surface area contributed by atoms with E-state index in [1.54, 1.807) is 25.2 Å². The summed E-state index contributed by atoms with van der Waals surface area (Å²) < 4.78 is 5.33. The summed E-state index contributed by atoms with van der Waals surface area (Å²) in [6, 6.07) is 14.5. The number of anilines is 2. The van der Waals surface area contributed by atoms with Crippen molar-refractivity contribution in [2.75, 3.05) is 23.9 Å². The van der Waals surface area contributed by atoms with Crippen molar-refractivity contribution in [3.63, 3.8) is 0 Å². The standard InChI is InChI=1S/C16H14N2O3/c1-18(11-6-3-2-4-7-11)16(20)12-8-5-9-13-15(12)17-14(19)10-21-13/h2-9H,10H2,1H3,(H,17,19). The van der Waals surface area contributed by atoms with E-state index in [0.717, 1.165) is 5.69 Å². The van der Waals surface area contributed by atoms with E-state index in [9.17, 15) is 9.59 Å². The fourth-order valence-electron chi connectivity index (χ4n) is 2.23. The van der Waals surface area contributed by atoms with Crippen molar-refractivity contribution < 1.29 is 14.3 Å². The second kappa shape index (κ2) is 5.28. The van der Waals surface area contributed by atoms with Crippen molar-refractivity contribution in [3.8, 4) is 5.75 Å². The fourth-order valence-corrected chi connectivity index (χ4v) is 2.23. The molecule has 2 aromatic rings. The van der Waals surface area contributed by atoms with Gasteiger partial charge in [0.05, 0.1) is 11.3 Å². The first kappa shape index (κ1) is 13.2. The van der Waals surface area contributed by atoms with Crippen LogP contribution in [0.2, 0.25) is 0 Å². The number of rotatable bonds is 2. The number of hydrogen-bond donors (Lipinski definition) is 1. The second-order valence-electron chi connectivity index (χ2n) is 4.72. The van der Waals surface area contributed by atoms with E-state index in [1.165, 1.54) is 4.90 Å². The lowest BCUT2D eigenvalue weighted by Crippen LogP contribution is -2.31. The van der Waals surface area contributed by atoms with Gasteiger partial charge in [0, 0.05) is 12.7 Å². The lowest BCUT2D eigenvalue weighted by molar-refractivity contribution is -0.118. The fraction of sp³-hybridized carbons (Fsp3) is 0.125. The highest BCUT2D eigenvalue weighted by Gasteiger charge is 2.24. The largest absolute Gasteiger partial charge is 0.482 e. The summed E-state index contributed by atoms with van der Waals surface area (Å²) in [5.41, 5.74) is 1.62. The van der Waals surface area contributed by atoms with E-state index in [1.807, 2.05) is 30.3 Å². The third kappa shape index (κ3) is 2.45. The third-order valence-corrected chi connectivity index (χ3v) is 3.33. The highest BCUT2D eigenvalue weighted by Crippen LogP contribution is 2.32. The Labute approximate surface area is 122 Å². The molecular weight excluding hydrogens is 268 g/mol. The smallest absolute Gasteiger partial charge is 0.262 e. The average Bonchev–Trinajstić information content (AvgIpc) is 2.53. The summed E-state index contributed by atoms with van der Waals surface area (Å²) in [7, 11) is 1.70. The van der Waals surface area contributed by atoms with E-state index < -0.39 is 0 Å². The quantitative estimate of drug-likeness (QED) is 0.919. The topological polar surface area (TPSA) is 58.6 Å². The Bertz CT molecular complexity index is 698. The van der Waals surface area contributed by atoms with Crippen molar-refractivity contribution in [2.24, 2.45) is 0 Å². The maximum atomic E-state index is 12.6. The van der Waals surface area contributed by atoms with Gasteiger partial charge >= 0.3 is 0 Å². The summed E-state index contributed by atoms with van der Waals surface area (Å²) in [4.78, 5) is 25.7. The van der Waals surface area contributed by atoms with Crippen LogP contribution in [-0.2, 0) is 4.79 Å². The summed E-state index contributed by atoms with van der Waals surface area (Å²) >= 11 is 0. The lowest BCUT2D eigenvalue weighted by atomic mass is 10.1. The Morgan fingerprint density at radius 2 is 1.90 bits per heavy atom. The summed E-state index contributed by atoms with van der Waals surface area (Å²) in [6.45, 7) is -0.0286. The molecule has 1 heterocycles. The molecule has 3 rings (SSSR count). The van der Waals surface area contributed by atoms with Gasteiger partial charge in [0.1, 0.15) is 5.75 Å². The molecule has 0 saturated heterocycles. The molecule has 1 N–H and O–H groups in total. The van der Waals surface area contributed by atoms with Gasteiger partial charge in [0.25, 0.3) is 11.8 Å². The van der Waals surface area contributed by atoms with Crippen LogP contribution in [-0.4, -0.2) is 25.5 Å². The Hall–Kier alpha value is -2.82. The minimum atomic E-state index is -0.259. The van der Waals surface area contributed by atoms with Crippen LogP contribution < -0.4 is 15.0 Å². The molecule has 5 heteroatoms. The Morgan fingerprint density at radius 3 is 2.67 bits per heavy atom. The Kier molecular flexibility index (Phi) is 3.31. The van der Waals surface area contributed by atoms with Gasteiger partial charge in [-0.15, -0.1) is 0 Å². The lowest BCUT2D eigenvalue weighted by Gasteiger charge is -2.23. The number of carbonyl (C=O) groups is 2. The van der Waals surface area contributed by atoms with Crippen LogP contribution in [0.1, 0.15) is 10.4 Å². The first-order chi connectivity index (χ1) is 10.2. The number of hydrogen-bond acceptors (Lipinski definition) is 3. The van der Waals surface area contributed by atoms with Crippen LogP contribution in [0.4, 0.5) is 11.4 Å². The molecule has 2 amide bonds. The molecule has 21 heavy (non-hydrogen) atoms. The van der Waals surface area contributed by atoms with E-state index >= 15 is 0 Å². The molecule has 106 valence electrons. The molecule has 0 saturated carbocycles. The van der Waals surface area contributed by atoms with Gasteiger partial charge in [-0.3, -0.25) is 9.59 Å². The zero-order valence-electron chi connectivity index (χ0n) is 11.5. The molecule has 2 aromatic carbocycles. The zero-order valence-corrected chi connectivity index (χ0v) is 11.5. The van der Waals surface area contributed by atoms with Crippen LogP contribution in [0.5, 0.6) is 5.75 Å². The molecule has 0 aromatic heterocycles. The van der Waals surface area contributed by atoms with E-state index in [2.05, 4.69) is 5.32 Å². The number of para-hydroxylation sites is 2. The number of benzene rings is 2. The van der Waals surface area contributed by atoms with Crippen molar-refractivity contribution in [2.45, 2.75) is 0 Å². The van der Waals surface area contributed by atoms with Crippen LogP contribution in [0.3, 0.4) is 0 Å². The monoisotopic (exact) mass is 282 g/mol. The second-order valence-corrected chi connectivity index (χ2v) is 4.72. The van der Waals surface area contributed by atoms with Gasteiger partial charge < -0.3 is 15.0 Å². The van der Waals surface area contributed by atoms with Gasteiger partial charge in [0.2, 0.25) is 0 Å². The normalized spacial score (nSPS) is 12.9. The highest BCUT2D eigenvalue weighted by atomic mass is 16.5. The summed E-state index contributed by atoms with van der Waals surface area (Å²) in [5.74, 6) is 0.0517. The molecule has 1 aliphatic rings. The minimum Gasteiger partial charge on any atom is -0.482 e. The number of fused-ring (bicyclic) bond motifs is 1. The molecule has 5 nitrogen and oxygen atoms in total. The predicted molar refractivity (Wildman–Crippen MR) is 79.7 cm³/mol. The first-order valence-corrected chi connectivity index (χ1v) is 6.55. The van der Waals surface area contributed by atoms with E-state index in [0.29, 0.717) is 17.0 Å². The van der Waals surface area contributed by atoms with Crippen LogP contribution in [0.25, 0.3) is 0 Å². The molecular formula is C16H14N2O3. The maximum absolute atomic E-state index is 12.6. The Balaban J connectivity index is 1.97. The number of ether oxygens (including phenoxy) is 1. The summed E-state index contributed by atoms with van der Waals surface area (Å²) in [6.07, 6.45) is 0. The highest BCUT2D eigenvalue weighted by molar-refractivity contribution is 6.12. The van der Waals surface area contributed by atoms with Crippen molar-refractivity contribution in [3.05, 3.63) is 54.1 Å². The molecule has 0 aliphatic carbocycles. The maximum Gasteiger partial charge on any atom is 0.262 e. The van der Waals surface area contributed by atoms with Crippen molar-refractivity contribution in [1.29, 1.82) is 0 Å². The van der Waals surface area contributed by atoms with Gasteiger partial charge in [-0.25, -0.2) is 0 Å². The van der Waals surface area contributed by atoms with E-state index in [-0.39, 0.29) is 18.4 Å². The van der Waals surface area contributed by atoms with Crippen molar-refractivity contribution in [1.82, 2.24) is 0 Å². The average molecular weight is 282 g/mol. The molecule has 0 unspecified atom stereocenters. The third-order valence-electron chi connectivity index (χ3n) is 3.33. The molecule has 1 aliphatic heterocycles. The van der Waals surface area contributed by atoms with Crippen LogP contribution >= 0.6 is 0 Å². The summed E-state index contributed by atoms with van der Waals surface area (Å²) in [5, 5.41) is 2.70. The zero-order chi connectivity index (χ0) is 14.8. The van der Waals surface area contributed by atoms with Gasteiger partial charge in [-0.05, 0) is 24.3 Å². The van der Waals surface area contributed by atoms with Gasteiger partial charge in [-0.2, -0.15) is 0 Å². The molecule has 0 spiro atoms. The molecule has 0 atom stereocenters. The van der Waals surface area contributed by atoms with Crippen molar-refractivity contribution >= 4 is 23.2 Å². The number of carbonyl (C=O) groups excluding carboxylic acids is 2. The molecule has 0 radical (unpaired) electrons. The molecule has 0 bridgehead atoms. The van der Waals surface area contributed by atoms with Gasteiger partial charge in [0.15, 0.2) is 6.61 Å². The minimum absolute atomic E-state index is 0.0286. The Morgan fingerprint density at radius 1 is 1.14 bits per heavy atom. The van der Waals surface area contributed by atoms with Crippen LogP contribution in [0.15, 0.2) is 48.5 Å². The number of amides is 2. The number of nitrogens with one attached hydrogen (secondary N) is 1. The predicted octanol–water partition coefficient (Wildman–Crippen LogP) is 2.29. The number of nitrogens with zero attached hydrogens (tertiary/aromatic N) is 1. The first-order valence-electron chi connectivity index (χ1n) is 6.55. The van der Waals surface area contributed by atoms with Crippen LogP contribution in [0, 0.1) is 0 Å². The SMILES string of the molecule is CN(C(=O)c1cccc2c1NC(=O)CO2)c1ccccc1. The van der Waals surface area contributed by atoms with E-state index in [4.69, 9.17) is 4.74 Å².